The number of halogens is 1. The van der Waals surface area contributed by atoms with E-state index >= 15 is 0 Å². The summed E-state index contributed by atoms with van der Waals surface area (Å²) < 4.78 is 0. The molecule has 3 nitrogen and oxygen atoms in total. The smallest absolute Gasteiger partial charge is 0.316 e. The molecule has 1 atom stereocenters. The SMILES string of the molecule is CCC1CN(C(=O)Cl)CCN1C. The highest BCUT2D eigenvalue weighted by atomic mass is 35.5. The van der Waals surface area contributed by atoms with Gasteiger partial charge in [-0.05, 0) is 25.1 Å². The number of rotatable bonds is 1. The van der Waals surface area contributed by atoms with Crippen LogP contribution in [0, 0.1) is 0 Å². The van der Waals surface area contributed by atoms with Crippen LogP contribution in [0.2, 0.25) is 0 Å². The first-order chi connectivity index (χ1) is 5.65. The standard InChI is InChI=1S/C8H15ClN2O/c1-3-7-6-11(8(9)12)5-4-10(7)2/h7H,3-6H2,1-2H3. The van der Waals surface area contributed by atoms with Crippen molar-refractivity contribution in [3.63, 3.8) is 0 Å². The first-order valence-electron chi connectivity index (χ1n) is 4.29. The Morgan fingerprint density at radius 2 is 2.25 bits per heavy atom. The molecule has 0 N–H and O–H groups in total. The van der Waals surface area contributed by atoms with Crippen LogP contribution in [0.1, 0.15) is 13.3 Å². The third-order valence-electron chi connectivity index (χ3n) is 2.50. The van der Waals surface area contributed by atoms with Crippen molar-refractivity contribution in [2.75, 3.05) is 26.7 Å². The monoisotopic (exact) mass is 190 g/mol. The molecule has 1 amide bonds. The molecule has 1 heterocycles. The molecule has 1 aliphatic heterocycles. The van der Waals surface area contributed by atoms with Gasteiger partial charge in [0.15, 0.2) is 0 Å². The van der Waals surface area contributed by atoms with E-state index in [1.54, 1.807) is 4.90 Å². The Hall–Kier alpha value is -0.280. The molecule has 0 spiro atoms. The van der Waals surface area contributed by atoms with E-state index in [9.17, 15) is 4.79 Å². The molecule has 0 saturated carbocycles. The molecule has 0 radical (unpaired) electrons. The van der Waals surface area contributed by atoms with E-state index in [0.717, 1.165) is 26.1 Å². The zero-order chi connectivity index (χ0) is 9.14. The van der Waals surface area contributed by atoms with Crippen LogP contribution in [0.15, 0.2) is 0 Å². The quantitative estimate of drug-likeness (QED) is 0.461. The lowest BCUT2D eigenvalue weighted by Gasteiger charge is -2.37. The zero-order valence-electron chi connectivity index (χ0n) is 7.59. The molecule has 0 aromatic heterocycles. The van der Waals surface area contributed by atoms with Gasteiger partial charge in [0.1, 0.15) is 0 Å². The van der Waals surface area contributed by atoms with Crippen molar-refractivity contribution in [3.05, 3.63) is 0 Å². The summed E-state index contributed by atoms with van der Waals surface area (Å²) in [5, 5.41) is -0.318. The van der Waals surface area contributed by atoms with Gasteiger partial charge in [0, 0.05) is 25.7 Å². The van der Waals surface area contributed by atoms with Gasteiger partial charge in [-0.25, -0.2) is 0 Å². The van der Waals surface area contributed by atoms with E-state index in [2.05, 4.69) is 18.9 Å². The Morgan fingerprint density at radius 1 is 1.58 bits per heavy atom. The second-order valence-corrected chi connectivity index (χ2v) is 3.56. The van der Waals surface area contributed by atoms with Gasteiger partial charge in [-0.15, -0.1) is 0 Å². The fourth-order valence-electron chi connectivity index (χ4n) is 1.55. The lowest BCUT2D eigenvalue weighted by atomic mass is 10.1. The van der Waals surface area contributed by atoms with Crippen molar-refractivity contribution in [1.82, 2.24) is 9.80 Å². The Kier molecular flexibility index (Phi) is 3.35. The largest absolute Gasteiger partial charge is 0.326 e. The topological polar surface area (TPSA) is 23.6 Å². The lowest BCUT2D eigenvalue weighted by Crippen LogP contribution is -2.51. The molecule has 0 aliphatic carbocycles. The van der Waals surface area contributed by atoms with Gasteiger partial charge in [-0.2, -0.15) is 0 Å². The van der Waals surface area contributed by atoms with Crippen LogP contribution >= 0.6 is 11.6 Å². The second-order valence-electron chi connectivity index (χ2n) is 3.24. The number of carbonyl (C=O) groups excluding carboxylic acids is 1. The Morgan fingerprint density at radius 3 is 2.75 bits per heavy atom. The molecule has 12 heavy (non-hydrogen) atoms. The summed E-state index contributed by atoms with van der Waals surface area (Å²) >= 11 is 5.40. The molecule has 0 aromatic carbocycles. The number of hydrogen-bond acceptors (Lipinski definition) is 2. The van der Waals surface area contributed by atoms with Gasteiger partial charge in [-0.3, -0.25) is 9.69 Å². The highest BCUT2D eigenvalue weighted by Gasteiger charge is 2.24. The number of amides is 1. The molecule has 0 aromatic rings. The van der Waals surface area contributed by atoms with E-state index in [1.807, 2.05) is 0 Å². The van der Waals surface area contributed by atoms with Crippen LogP contribution in [0.3, 0.4) is 0 Å². The van der Waals surface area contributed by atoms with Gasteiger partial charge in [0.25, 0.3) is 0 Å². The van der Waals surface area contributed by atoms with Crippen LogP contribution < -0.4 is 0 Å². The number of hydrogen-bond donors (Lipinski definition) is 0. The highest BCUT2D eigenvalue weighted by Crippen LogP contribution is 2.11. The lowest BCUT2D eigenvalue weighted by molar-refractivity contribution is 0.118. The summed E-state index contributed by atoms with van der Waals surface area (Å²) in [7, 11) is 2.09. The molecule has 0 bridgehead atoms. The number of nitrogens with zero attached hydrogens (tertiary/aromatic N) is 2. The van der Waals surface area contributed by atoms with Crippen molar-refractivity contribution < 1.29 is 4.79 Å². The fourth-order valence-corrected chi connectivity index (χ4v) is 1.70. The van der Waals surface area contributed by atoms with E-state index in [0.29, 0.717) is 6.04 Å². The molecule has 70 valence electrons. The van der Waals surface area contributed by atoms with Crippen LogP contribution in [-0.4, -0.2) is 47.9 Å². The molecule has 1 rings (SSSR count). The van der Waals surface area contributed by atoms with Gasteiger partial charge in [0.2, 0.25) is 0 Å². The first kappa shape index (κ1) is 9.81. The summed E-state index contributed by atoms with van der Waals surface area (Å²) in [6.45, 7) is 4.59. The third kappa shape index (κ3) is 2.11. The maximum atomic E-state index is 10.8. The minimum Gasteiger partial charge on any atom is -0.326 e. The average Bonchev–Trinajstić information content (AvgIpc) is 2.05. The number of piperazine rings is 1. The Labute approximate surface area is 78.3 Å². The molecule has 1 aliphatic rings. The molecular formula is C8H15ClN2O. The molecule has 4 heteroatoms. The zero-order valence-corrected chi connectivity index (χ0v) is 8.34. The van der Waals surface area contributed by atoms with Crippen molar-refractivity contribution in [2.45, 2.75) is 19.4 Å². The summed E-state index contributed by atoms with van der Waals surface area (Å²) in [6.07, 6.45) is 1.07. The van der Waals surface area contributed by atoms with Crippen molar-refractivity contribution >= 4 is 17.0 Å². The van der Waals surface area contributed by atoms with Crippen molar-refractivity contribution in [1.29, 1.82) is 0 Å². The predicted octanol–water partition coefficient (Wildman–Crippen LogP) is 1.37. The van der Waals surface area contributed by atoms with E-state index < -0.39 is 0 Å². The summed E-state index contributed by atoms with van der Waals surface area (Å²) in [4.78, 5) is 14.8. The van der Waals surface area contributed by atoms with E-state index in [1.165, 1.54) is 0 Å². The second kappa shape index (κ2) is 4.10. The minimum atomic E-state index is -0.318. The van der Waals surface area contributed by atoms with Gasteiger partial charge in [0.05, 0.1) is 0 Å². The average molecular weight is 191 g/mol. The molecule has 1 unspecified atom stereocenters. The molecule has 1 fully saturated rings. The van der Waals surface area contributed by atoms with E-state index in [-0.39, 0.29) is 5.37 Å². The highest BCUT2D eigenvalue weighted by molar-refractivity contribution is 6.62. The maximum absolute atomic E-state index is 10.8. The fraction of sp³-hybridized carbons (Fsp3) is 0.875. The van der Waals surface area contributed by atoms with Crippen LogP contribution in [-0.2, 0) is 0 Å². The summed E-state index contributed by atoms with van der Waals surface area (Å²) in [5.41, 5.74) is 0. The van der Waals surface area contributed by atoms with Crippen molar-refractivity contribution in [2.24, 2.45) is 0 Å². The van der Waals surface area contributed by atoms with E-state index in [4.69, 9.17) is 11.6 Å². The number of carbonyl (C=O) groups is 1. The Balaban J connectivity index is 2.49. The van der Waals surface area contributed by atoms with Crippen LogP contribution in [0.25, 0.3) is 0 Å². The van der Waals surface area contributed by atoms with Crippen LogP contribution in [0.4, 0.5) is 4.79 Å². The summed E-state index contributed by atoms with van der Waals surface area (Å²) in [5.74, 6) is 0. The van der Waals surface area contributed by atoms with Crippen molar-refractivity contribution in [3.8, 4) is 0 Å². The molecular weight excluding hydrogens is 176 g/mol. The Bertz CT molecular complexity index is 174. The predicted molar refractivity (Wildman–Crippen MR) is 49.5 cm³/mol. The maximum Gasteiger partial charge on any atom is 0.316 e. The van der Waals surface area contributed by atoms with Crippen LogP contribution in [0.5, 0.6) is 0 Å². The minimum absolute atomic E-state index is 0.318. The normalized spacial score (nSPS) is 25.9. The summed E-state index contributed by atoms with van der Waals surface area (Å²) in [6, 6.07) is 0.474. The van der Waals surface area contributed by atoms with Gasteiger partial charge < -0.3 is 4.90 Å². The van der Waals surface area contributed by atoms with Gasteiger partial charge in [-0.1, -0.05) is 6.92 Å². The first-order valence-corrected chi connectivity index (χ1v) is 4.67. The third-order valence-corrected chi connectivity index (χ3v) is 2.74. The molecule has 1 saturated heterocycles. The van der Waals surface area contributed by atoms with Gasteiger partial charge >= 0.3 is 5.37 Å². The number of likely N-dealkylation sites (N-methyl/N-ethyl adjacent to an activating group) is 1.